The molecule has 0 spiro atoms. The van der Waals surface area contributed by atoms with Gasteiger partial charge in [-0.25, -0.2) is 9.98 Å². The van der Waals surface area contributed by atoms with Crippen LogP contribution >= 0.6 is 0 Å². The Balaban J connectivity index is 1.22. The molecule has 4 heteroatoms. The van der Waals surface area contributed by atoms with Gasteiger partial charge in [0.15, 0.2) is 6.17 Å². The molecule has 0 bridgehead atoms. The fourth-order valence-electron chi connectivity index (χ4n) is 7.39. The minimum Gasteiger partial charge on any atom is -0.455 e. The molecule has 230 valence electrons. The van der Waals surface area contributed by atoms with Gasteiger partial charge in [-0.2, -0.15) is 0 Å². The van der Waals surface area contributed by atoms with Gasteiger partial charge in [0.2, 0.25) is 0 Å². The van der Waals surface area contributed by atoms with Crippen LogP contribution in [0.5, 0.6) is 0 Å². The summed E-state index contributed by atoms with van der Waals surface area (Å²) in [7, 11) is 0. The lowest BCUT2D eigenvalue weighted by Gasteiger charge is -2.24. The van der Waals surface area contributed by atoms with E-state index in [9.17, 15) is 0 Å². The Morgan fingerprint density at radius 3 is 2.02 bits per heavy atom. The zero-order chi connectivity index (χ0) is 32.3. The molecule has 1 atom stereocenters. The first kappa shape index (κ1) is 27.6. The Bertz CT molecular complexity index is 2810. The second-order valence-electron chi connectivity index (χ2n) is 12.6. The van der Waals surface area contributed by atoms with Gasteiger partial charge in [0.05, 0.1) is 0 Å². The number of hydrogen-bond acceptors (Lipinski definition) is 4. The first-order valence-electron chi connectivity index (χ1n) is 16.6. The van der Waals surface area contributed by atoms with Gasteiger partial charge in [-0.15, -0.1) is 0 Å². The van der Waals surface area contributed by atoms with Crippen LogP contribution in [0.15, 0.2) is 178 Å². The molecule has 0 radical (unpaired) electrons. The van der Waals surface area contributed by atoms with E-state index in [0.29, 0.717) is 0 Å². The normalized spacial score (nSPS) is 14.7. The highest BCUT2D eigenvalue weighted by Gasteiger charge is 2.26. The molecular weight excluding hydrogens is 599 g/mol. The van der Waals surface area contributed by atoms with E-state index in [1.165, 1.54) is 21.5 Å². The zero-order valence-corrected chi connectivity index (χ0v) is 26.5. The Kier molecular flexibility index (Phi) is 6.21. The molecular formula is C45H29N3O. The maximum absolute atomic E-state index is 6.63. The van der Waals surface area contributed by atoms with E-state index in [1.54, 1.807) is 0 Å². The number of nitrogens with one attached hydrogen (secondary N) is 1. The van der Waals surface area contributed by atoms with Crippen LogP contribution in [0.2, 0.25) is 0 Å². The number of hydrogen-bond donors (Lipinski definition) is 1. The molecule has 4 nitrogen and oxygen atoms in total. The summed E-state index contributed by atoms with van der Waals surface area (Å²) < 4.78 is 6.63. The highest BCUT2D eigenvalue weighted by Crippen LogP contribution is 2.41. The summed E-state index contributed by atoms with van der Waals surface area (Å²) in [5.41, 5.74) is 6.94. The van der Waals surface area contributed by atoms with Crippen molar-refractivity contribution in [1.82, 2.24) is 5.32 Å². The van der Waals surface area contributed by atoms with Crippen LogP contribution in [0.25, 0.3) is 65.4 Å². The van der Waals surface area contributed by atoms with E-state index >= 15 is 0 Å². The third kappa shape index (κ3) is 4.53. The summed E-state index contributed by atoms with van der Waals surface area (Å²) in [5, 5.41) is 12.9. The molecule has 8 aromatic carbocycles. The van der Waals surface area contributed by atoms with E-state index in [1.807, 2.05) is 12.1 Å². The monoisotopic (exact) mass is 627 g/mol. The summed E-state index contributed by atoms with van der Waals surface area (Å²) >= 11 is 0. The van der Waals surface area contributed by atoms with Gasteiger partial charge in [0, 0.05) is 33.0 Å². The smallest absolute Gasteiger partial charge is 0.170 e. The highest BCUT2D eigenvalue weighted by molar-refractivity contribution is 6.24. The maximum Gasteiger partial charge on any atom is 0.170 e. The maximum atomic E-state index is 6.63. The molecule has 49 heavy (non-hydrogen) atoms. The van der Waals surface area contributed by atoms with Crippen molar-refractivity contribution in [1.29, 1.82) is 0 Å². The lowest BCUT2D eigenvalue weighted by Crippen LogP contribution is -2.36. The number of rotatable bonds is 4. The van der Waals surface area contributed by atoms with Crippen molar-refractivity contribution in [3.63, 3.8) is 0 Å². The van der Waals surface area contributed by atoms with Gasteiger partial charge < -0.3 is 9.73 Å². The highest BCUT2D eigenvalue weighted by atomic mass is 16.3. The summed E-state index contributed by atoms with van der Waals surface area (Å²) in [6.07, 6.45) is -0.507. The minimum atomic E-state index is -0.507. The lowest BCUT2D eigenvalue weighted by molar-refractivity contribution is 0.668. The van der Waals surface area contributed by atoms with E-state index < -0.39 is 6.17 Å². The number of para-hydroxylation sites is 1. The third-order valence-corrected chi connectivity index (χ3v) is 9.70. The van der Waals surface area contributed by atoms with Crippen LogP contribution in [-0.4, -0.2) is 11.7 Å². The molecule has 9 aromatic rings. The molecule has 1 aliphatic rings. The fraction of sp³-hybridized carbons (Fsp3) is 0.0222. The van der Waals surface area contributed by atoms with Crippen LogP contribution in [-0.2, 0) is 0 Å². The number of nitrogens with zero attached hydrogens (tertiary/aromatic N) is 2. The third-order valence-electron chi connectivity index (χ3n) is 9.70. The Morgan fingerprint density at radius 1 is 0.449 bits per heavy atom. The standard InChI is InChI=1S/C45H29N3O/c1-2-13-29(14-3-1)34-20-10-21-37-41-38(22-11-23-40(41)49-42(34)37)44-46-43(32-25-24-28-12-4-5-15-30(28)26-32)47-45(48-44)39-27-31-16-6-7-17-33(31)35-18-8-9-19-36(35)39/h1-27,44H,(H,46,47,48). The molecule has 0 aliphatic carbocycles. The van der Waals surface area contributed by atoms with Crippen molar-refractivity contribution < 1.29 is 4.42 Å². The predicted molar refractivity (Wildman–Crippen MR) is 204 cm³/mol. The molecule has 0 saturated carbocycles. The zero-order valence-electron chi connectivity index (χ0n) is 26.5. The number of amidine groups is 2. The minimum absolute atomic E-state index is 0.507. The van der Waals surface area contributed by atoms with E-state index in [2.05, 4.69) is 157 Å². The second kappa shape index (κ2) is 11.0. The summed E-state index contributed by atoms with van der Waals surface area (Å²) in [6, 6.07) is 57.4. The van der Waals surface area contributed by atoms with Crippen molar-refractivity contribution in [3.05, 3.63) is 180 Å². The van der Waals surface area contributed by atoms with Crippen LogP contribution in [0, 0.1) is 0 Å². The molecule has 1 aromatic heterocycles. The molecule has 2 heterocycles. The van der Waals surface area contributed by atoms with Crippen LogP contribution in [0.4, 0.5) is 0 Å². The van der Waals surface area contributed by atoms with Crippen molar-refractivity contribution in [2.24, 2.45) is 9.98 Å². The molecule has 0 saturated heterocycles. The summed E-state index contributed by atoms with van der Waals surface area (Å²) in [6.45, 7) is 0. The predicted octanol–water partition coefficient (Wildman–Crippen LogP) is 11.2. The first-order chi connectivity index (χ1) is 24.3. The van der Waals surface area contributed by atoms with Crippen LogP contribution < -0.4 is 5.32 Å². The average Bonchev–Trinajstić information content (AvgIpc) is 3.57. The second-order valence-corrected chi connectivity index (χ2v) is 12.6. The number of fused-ring (bicyclic) bond motifs is 7. The van der Waals surface area contributed by atoms with E-state index in [-0.39, 0.29) is 0 Å². The quantitative estimate of drug-likeness (QED) is 0.197. The van der Waals surface area contributed by atoms with Crippen LogP contribution in [0.3, 0.4) is 0 Å². The molecule has 0 fully saturated rings. The van der Waals surface area contributed by atoms with E-state index in [4.69, 9.17) is 14.4 Å². The number of furan rings is 1. The topological polar surface area (TPSA) is 49.9 Å². The summed E-state index contributed by atoms with van der Waals surface area (Å²) in [5.74, 6) is 1.58. The molecule has 1 N–H and O–H groups in total. The molecule has 10 rings (SSSR count). The fourth-order valence-corrected chi connectivity index (χ4v) is 7.39. The largest absolute Gasteiger partial charge is 0.455 e. The molecule has 1 aliphatic heterocycles. The van der Waals surface area contributed by atoms with Gasteiger partial charge in [-0.05, 0) is 56.1 Å². The first-order valence-corrected chi connectivity index (χ1v) is 16.6. The molecule has 1 unspecified atom stereocenters. The Hall–Kier alpha value is -6.52. The van der Waals surface area contributed by atoms with Gasteiger partial charge in [-0.1, -0.05) is 146 Å². The van der Waals surface area contributed by atoms with Crippen LogP contribution in [0.1, 0.15) is 22.9 Å². The van der Waals surface area contributed by atoms with Crippen molar-refractivity contribution in [2.45, 2.75) is 6.17 Å². The van der Waals surface area contributed by atoms with E-state index in [0.717, 1.165) is 72.2 Å². The van der Waals surface area contributed by atoms with Gasteiger partial charge in [-0.3, -0.25) is 0 Å². The van der Waals surface area contributed by atoms with Gasteiger partial charge in [0.1, 0.15) is 22.8 Å². The number of aliphatic imine (C=N–C) groups is 2. The Labute approximate surface area is 282 Å². The average molecular weight is 628 g/mol. The lowest BCUT2D eigenvalue weighted by atomic mass is 9.96. The summed E-state index contributed by atoms with van der Waals surface area (Å²) in [4.78, 5) is 10.8. The van der Waals surface area contributed by atoms with Crippen molar-refractivity contribution in [3.8, 4) is 11.1 Å². The Morgan fingerprint density at radius 2 is 1.14 bits per heavy atom. The molecule has 0 amide bonds. The van der Waals surface area contributed by atoms with Gasteiger partial charge >= 0.3 is 0 Å². The SMILES string of the molecule is c1ccc(-c2cccc3c2oc2cccc(C4N=C(c5ccc6ccccc6c5)NC(c5cc6ccccc6c6ccccc56)=N4)c23)cc1. The van der Waals surface area contributed by atoms with Crippen molar-refractivity contribution in [2.75, 3.05) is 0 Å². The van der Waals surface area contributed by atoms with Crippen molar-refractivity contribution >= 4 is 65.9 Å². The van der Waals surface area contributed by atoms with Gasteiger partial charge in [0.25, 0.3) is 0 Å². The number of benzene rings is 8.